The second-order valence-electron chi connectivity index (χ2n) is 8.62. The van der Waals surface area contributed by atoms with Gasteiger partial charge in [-0.2, -0.15) is 8.42 Å². The van der Waals surface area contributed by atoms with E-state index in [0.717, 1.165) is 12.0 Å². The summed E-state index contributed by atoms with van der Waals surface area (Å²) in [6, 6.07) is 11.5. The van der Waals surface area contributed by atoms with Crippen LogP contribution in [0.4, 0.5) is 0 Å². The van der Waals surface area contributed by atoms with Crippen LogP contribution in [0.15, 0.2) is 47.4 Å². The van der Waals surface area contributed by atoms with Gasteiger partial charge in [0.1, 0.15) is 13.2 Å². The number of fused-ring (bicyclic) bond motifs is 1. The molecular weight excluding hydrogens is 556 g/mol. The van der Waals surface area contributed by atoms with Crippen LogP contribution >= 0.6 is 0 Å². The van der Waals surface area contributed by atoms with E-state index in [-0.39, 0.29) is 24.1 Å². The number of carbonyl (C=O) groups is 1. The summed E-state index contributed by atoms with van der Waals surface area (Å²) < 4.78 is 65.9. The van der Waals surface area contributed by atoms with Gasteiger partial charge in [0.25, 0.3) is 10.1 Å². The Kier molecular flexibility index (Phi) is 17.0. The molecule has 1 aliphatic heterocycles. The molecule has 230 valence electrons. The Morgan fingerprint density at radius 3 is 1.98 bits per heavy atom. The van der Waals surface area contributed by atoms with Crippen LogP contribution in [0.2, 0.25) is 0 Å². The summed E-state index contributed by atoms with van der Waals surface area (Å²) in [4.78, 5) is 11.9. The molecular formula is C29H42O11S. The third kappa shape index (κ3) is 14.1. The van der Waals surface area contributed by atoms with Crippen molar-refractivity contribution in [2.24, 2.45) is 0 Å². The molecule has 41 heavy (non-hydrogen) atoms. The third-order valence-corrected chi connectivity index (χ3v) is 6.62. The molecule has 2 aromatic carbocycles. The summed E-state index contributed by atoms with van der Waals surface area (Å²) >= 11 is 0. The molecule has 3 rings (SSSR count). The SMILES string of the molecule is CCCOCCOCCOS(=O)(=O)c1ccc(C)cc1.CCOC(=O)c1ccc2c(c1)OCCOCCOCCO2. The first-order valence-corrected chi connectivity index (χ1v) is 15.1. The van der Waals surface area contributed by atoms with Gasteiger partial charge in [-0.3, -0.25) is 4.18 Å². The molecule has 0 amide bonds. The quantitative estimate of drug-likeness (QED) is 0.201. The monoisotopic (exact) mass is 598 g/mol. The van der Waals surface area contributed by atoms with Crippen LogP contribution in [0.5, 0.6) is 11.5 Å². The van der Waals surface area contributed by atoms with E-state index in [0.29, 0.717) is 83.1 Å². The molecule has 0 fully saturated rings. The van der Waals surface area contributed by atoms with Crippen LogP contribution in [0.25, 0.3) is 0 Å². The third-order valence-electron chi connectivity index (χ3n) is 5.29. The van der Waals surface area contributed by atoms with Crippen LogP contribution in [0.1, 0.15) is 36.2 Å². The lowest BCUT2D eigenvalue weighted by atomic mass is 10.2. The maximum atomic E-state index is 11.8. The van der Waals surface area contributed by atoms with Gasteiger partial charge in [0.2, 0.25) is 0 Å². The van der Waals surface area contributed by atoms with Gasteiger partial charge in [-0.05, 0) is 50.6 Å². The molecule has 12 heteroatoms. The Hall–Kier alpha value is -2.74. The van der Waals surface area contributed by atoms with Crippen molar-refractivity contribution in [3.63, 3.8) is 0 Å². The molecule has 0 saturated heterocycles. The zero-order chi connectivity index (χ0) is 29.8. The number of carbonyl (C=O) groups excluding carboxylic acids is 1. The van der Waals surface area contributed by atoms with Crippen molar-refractivity contribution < 1.29 is 50.6 Å². The number of hydrogen-bond donors (Lipinski definition) is 0. The molecule has 0 aromatic heterocycles. The highest BCUT2D eigenvalue weighted by atomic mass is 32.2. The molecule has 1 heterocycles. The van der Waals surface area contributed by atoms with Gasteiger partial charge >= 0.3 is 5.97 Å². The lowest BCUT2D eigenvalue weighted by Gasteiger charge is -2.15. The zero-order valence-corrected chi connectivity index (χ0v) is 24.9. The van der Waals surface area contributed by atoms with Gasteiger partial charge in [-0.15, -0.1) is 0 Å². The molecule has 0 unspecified atom stereocenters. The Balaban J connectivity index is 0.000000287. The summed E-state index contributed by atoms with van der Waals surface area (Å²) in [6.45, 7) is 10.7. The van der Waals surface area contributed by atoms with Crippen LogP contribution in [0.3, 0.4) is 0 Å². The Labute approximate surface area is 243 Å². The molecule has 0 atom stereocenters. The van der Waals surface area contributed by atoms with Crippen LogP contribution in [-0.4, -0.2) is 93.7 Å². The fourth-order valence-electron chi connectivity index (χ4n) is 3.27. The fourth-order valence-corrected chi connectivity index (χ4v) is 4.16. The van der Waals surface area contributed by atoms with Crippen LogP contribution in [0, 0.1) is 6.92 Å². The first kappa shape index (κ1) is 34.5. The minimum atomic E-state index is -3.69. The van der Waals surface area contributed by atoms with Gasteiger partial charge in [0.05, 0.1) is 69.9 Å². The molecule has 2 aromatic rings. The van der Waals surface area contributed by atoms with Crippen molar-refractivity contribution in [3.05, 3.63) is 53.6 Å². The van der Waals surface area contributed by atoms with E-state index >= 15 is 0 Å². The largest absolute Gasteiger partial charge is 0.487 e. The summed E-state index contributed by atoms with van der Waals surface area (Å²) in [5.74, 6) is 0.701. The normalized spacial score (nSPS) is 14.1. The number of esters is 1. The van der Waals surface area contributed by atoms with Gasteiger partial charge in [-0.25, -0.2) is 4.79 Å². The molecule has 0 N–H and O–H groups in total. The Morgan fingerprint density at radius 1 is 0.756 bits per heavy atom. The summed E-state index contributed by atoms with van der Waals surface area (Å²) in [6.07, 6.45) is 0.970. The molecule has 0 saturated carbocycles. The van der Waals surface area contributed by atoms with Crippen molar-refractivity contribution in [1.29, 1.82) is 0 Å². The highest BCUT2D eigenvalue weighted by molar-refractivity contribution is 7.86. The number of aryl methyl sites for hydroxylation is 1. The standard InChI is InChI=1S/C15H20O6.C14H22O5S/c1-2-19-15(16)12-3-4-13-14(11-12)21-10-8-18-6-5-17-7-9-20-13;1-3-8-17-9-10-18-11-12-19-20(15,16)14-6-4-13(2)5-7-14/h3-4,11H,2,5-10H2,1H3;4-7H,3,8-12H2,1-2H3. The first-order chi connectivity index (χ1) is 19.9. The topological polar surface area (TPSA) is 125 Å². The molecule has 0 bridgehead atoms. The average Bonchev–Trinajstić information content (AvgIpc) is 2.95. The van der Waals surface area contributed by atoms with Gasteiger partial charge < -0.3 is 33.2 Å². The van der Waals surface area contributed by atoms with Gasteiger partial charge in [0.15, 0.2) is 11.5 Å². The maximum Gasteiger partial charge on any atom is 0.338 e. The number of hydrogen-bond acceptors (Lipinski definition) is 11. The minimum Gasteiger partial charge on any atom is -0.487 e. The number of benzene rings is 2. The number of ether oxygens (including phenoxy) is 7. The highest BCUT2D eigenvalue weighted by Crippen LogP contribution is 2.29. The zero-order valence-electron chi connectivity index (χ0n) is 24.1. The van der Waals surface area contributed by atoms with Crippen LogP contribution in [-0.2, 0) is 38.0 Å². The lowest BCUT2D eigenvalue weighted by Crippen LogP contribution is -2.16. The van der Waals surface area contributed by atoms with E-state index in [1.807, 2.05) is 13.8 Å². The first-order valence-electron chi connectivity index (χ1n) is 13.7. The average molecular weight is 599 g/mol. The van der Waals surface area contributed by atoms with E-state index in [1.54, 1.807) is 37.3 Å². The van der Waals surface area contributed by atoms with Crippen molar-refractivity contribution in [3.8, 4) is 11.5 Å². The molecule has 0 aliphatic carbocycles. The van der Waals surface area contributed by atoms with E-state index < -0.39 is 10.1 Å². The molecule has 0 radical (unpaired) electrons. The molecule has 11 nitrogen and oxygen atoms in total. The van der Waals surface area contributed by atoms with Crippen molar-refractivity contribution in [1.82, 2.24) is 0 Å². The van der Waals surface area contributed by atoms with E-state index in [9.17, 15) is 13.2 Å². The predicted molar refractivity (Wildman–Crippen MR) is 151 cm³/mol. The smallest absolute Gasteiger partial charge is 0.338 e. The summed E-state index contributed by atoms with van der Waals surface area (Å²) in [5, 5.41) is 0. The van der Waals surface area contributed by atoms with Gasteiger partial charge in [-0.1, -0.05) is 24.6 Å². The summed E-state index contributed by atoms with van der Waals surface area (Å²) in [5.41, 5.74) is 1.43. The van der Waals surface area contributed by atoms with Crippen molar-refractivity contribution in [2.45, 2.75) is 32.1 Å². The molecule has 0 spiro atoms. The van der Waals surface area contributed by atoms with Gasteiger partial charge in [0, 0.05) is 6.61 Å². The molecule has 1 aliphatic rings. The highest BCUT2D eigenvalue weighted by Gasteiger charge is 2.15. The minimum absolute atomic E-state index is 0.00396. The van der Waals surface area contributed by atoms with Crippen LogP contribution < -0.4 is 9.47 Å². The van der Waals surface area contributed by atoms with E-state index in [1.165, 1.54) is 12.1 Å². The Morgan fingerprint density at radius 2 is 1.34 bits per heavy atom. The Bertz CT molecular complexity index is 1100. The number of rotatable bonds is 12. The van der Waals surface area contributed by atoms with E-state index in [4.69, 9.17) is 37.3 Å². The lowest BCUT2D eigenvalue weighted by molar-refractivity contribution is 0.0223. The van der Waals surface area contributed by atoms with E-state index in [2.05, 4.69) is 0 Å². The second kappa shape index (κ2) is 20.2. The summed E-state index contributed by atoms with van der Waals surface area (Å²) in [7, 11) is -3.69. The van der Waals surface area contributed by atoms with Crippen molar-refractivity contribution in [2.75, 3.05) is 79.3 Å². The fraction of sp³-hybridized carbons (Fsp3) is 0.552. The van der Waals surface area contributed by atoms with Crippen molar-refractivity contribution >= 4 is 16.1 Å². The predicted octanol–water partition coefficient (Wildman–Crippen LogP) is 3.81. The second-order valence-corrected chi connectivity index (χ2v) is 10.2. The maximum absolute atomic E-state index is 11.8.